The van der Waals surface area contributed by atoms with Gasteiger partial charge >= 0.3 is 20.2 Å². The van der Waals surface area contributed by atoms with Gasteiger partial charge in [0, 0.05) is 26.1 Å². The van der Waals surface area contributed by atoms with E-state index in [9.17, 15) is 16.8 Å². The molecular weight excluding hydrogens is 352 g/mol. The van der Waals surface area contributed by atoms with E-state index in [1.165, 1.54) is 12.2 Å². The number of ether oxygens (including phenoxy) is 2. The summed E-state index contributed by atoms with van der Waals surface area (Å²) in [5.74, 6) is 0. The first kappa shape index (κ1) is 22.2. The maximum absolute atomic E-state index is 12.0. The maximum Gasteiger partial charge on any atom is 0.309 e. The molecule has 0 radical (unpaired) electrons. The fourth-order valence-corrected chi connectivity index (χ4v) is 4.44. The summed E-state index contributed by atoms with van der Waals surface area (Å²) in [6.45, 7) is 5.20. The molecule has 0 aliphatic carbocycles. The summed E-state index contributed by atoms with van der Waals surface area (Å²) in [5.41, 5.74) is -3.37. The molecular formula is C12H22O9S2. The van der Waals surface area contributed by atoms with Crippen molar-refractivity contribution >= 4 is 20.2 Å². The van der Waals surface area contributed by atoms with E-state index in [-0.39, 0.29) is 26.1 Å². The van der Waals surface area contributed by atoms with Crippen molar-refractivity contribution in [3.63, 3.8) is 0 Å². The summed E-state index contributed by atoms with van der Waals surface area (Å²) < 4.78 is 62.1. The molecule has 0 fully saturated rings. The Balaban J connectivity index is 5.25. The number of aliphatic hydroxyl groups excluding tert-OH is 2. The first-order chi connectivity index (χ1) is 10.7. The van der Waals surface area contributed by atoms with Crippen LogP contribution in [0, 0.1) is 0 Å². The predicted octanol–water partition coefficient (Wildman–Crippen LogP) is -0.515. The molecule has 0 saturated carbocycles. The Bertz CT molecular complexity index is 503. The molecule has 9 nitrogen and oxygen atoms in total. The topological polar surface area (TPSA) is 136 Å². The average molecular weight is 374 g/mol. The van der Waals surface area contributed by atoms with Crippen LogP contribution in [0.3, 0.4) is 0 Å². The average Bonchev–Trinajstić information content (AvgIpc) is 2.46. The second-order valence-corrected chi connectivity index (χ2v) is 7.75. The van der Waals surface area contributed by atoms with Crippen molar-refractivity contribution in [2.75, 3.05) is 26.4 Å². The monoisotopic (exact) mass is 374 g/mol. The molecule has 0 spiro atoms. The van der Waals surface area contributed by atoms with Crippen LogP contribution in [0.15, 0.2) is 25.3 Å². The van der Waals surface area contributed by atoms with Crippen molar-refractivity contribution in [3.8, 4) is 0 Å². The fraction of sp³-hybridized carbons (Fsp3) is 0.667. The predicted molar refractivity (Wildman–Crippen MR) is 82.2 cm³/mol. The van der Waals surface area contributed by atoms with E-state index in [1.807, 2.05) is 0 Å². The number of rotatable bonds is 14. The molecule has 0 rings (SSSR count). The highest BCUT2D eigenvalue weighted by Crippen LogP contribution is 2.19. The molecule has 2 unspecified atom stereocenters. The third-order valence-corrected chi connectivity index (χ3v) is 5.91. The Morgan fingerprint density at radius 3 is 1.43 bits per heavy atom. The van der Waals surface area contributed by atoms with Crippen LogP contribution in [0.1, 0.15) is 12.8 Å². The van der Waals surface area contributed by atoms with Crippen molar-refractivity contribution in [1.82, 2.24) is 0 Å². The Kier molecular flexibility index (Phi) is 10.5. The van der Waals surface area contributed by atoms with Gasteiger partial charge in [-0.2, -0.15) is 16.8 Å². The summed E-state index contributed by atoms with van der Waals surface area (Å²) in [4.78, 5) is 0. The molecule has 2 N–H and O–H groups in total. The summed E-state index contributed by atoms with van der Waals surface area (Å²) >= 11 is 0. The maximum atomic E-state index is 12.0. The van der Waals surface area contributed by atoms with Gasteiger partial charge in [-0.3, -0.25) is 0 Å². The summed E-state index contributed by atoms with van der Waals surface area (Å²) in [5, 5.41) is 17.7. The van der Waals surface area contributed by atoms with E-state index in [0.717, 1.165) is 0 Å². The van der Waals surface area contributed by atoms with Crippen molar-refractivity contribution in [1.29, 1.82) is 0 Å². The van der Waals surface area contributed by atoms with Crippen LogP contribution in [-0.4, -0.2) is 64.3 Å². The highest BCUT2D eigenvalue weighted by molar-refractivity contribution is 8.00. The van der Waals surface area contributed by atoms with Gasteiger partial charge in [0.25, 0.3) is 0 Å². The fourth-order valence-electron chi connectivity index (χ4n) is 1.40. The van der Waals surface area contributed by atoms with Crippen LogP contribution < -0.4 is 0 Å². The molecule has 0 saturated heterocycles. The Morgan fingerprint density at radius 1 is 0.826 bits per heavy atom. The molecule has 0 aromatic carbocycles. The van der Waals surface area contributed by atoms with Crippen LogP contribution in [0.25, 0.3) is 0 Å². The van der Waals surface area contributed by atoms with E-state index in [2.05, 4.69) is 16.8 Å². The van der Waals surface area contributed by atoms with E-state index in [0.29, 0.717) is 0 Å². The molecule has 0 aromatic rings. The second-order valence-electron chi connectivity index (χ2n) is 4.18. The third kappa shape index (κ3) is 8.01. The van der Waals surface area contributed by atoms with Crippen molar-refractivity contribution in [2.24, 2.45) is 0 Å². The van der Waals surface area contributed by atoms with Gasteiger partial charge in [-0.1, -0.05) is 12.2 Å². The SMILES string of the molecule is C=CCOC(CCO)S(=O)(=O)OS(=O)(=O)C(CCO)OCC=C. The molecule has 0 aliphatic heterocycles. The lowest BCUT2D eigenvalue weighted by molar-refractivity contribution is 0.0938. The zero-order valence-corrected chi connectivity index (χ0v) is 14.2. The number of aliphatic hydroxyl groups is 2. The molecule has 0 bridgehead atoms. The van der Waals surface area contributed by atoms with E-state index >= 15 is 0 Å². The number of hydrogen-bond donors (Lipinski definition) is 2. The molecule has 0 amide bonds. The zero-order valence-electron chi connectivity index (χ0n) is 12.5. The smallest absolute Gasteiger partial charge is 0.309 e. The Hall–Kier alpha value is -0.820. The highest BCUT2D eigenvalue weighted by Gasteiger charge is 2.37. The van der Waals surface area contributed by atoms with Crippen molar-refractivity contribution in [2.45, 2.75) is 23.7 Å². The molecule has 0 aliphatic rings. The zero-order chi connectivity index (χ0) is 17.9. The van der Waals surface area contributed by atoms with Gasteiger partial charge in [0.2, 0.25) is 0 Å². The van der Waals surface area contributed by atoms with E-state index in [4.69, 9.17) is 19.7 Å². The minimum atomic E-state index is -4.71. The van der Waals surface area contributed by atoms with Crippen molar-refractivity contribution < 1.29 is 40.2 Å². The molecule has 0 aromatic heterocycles. The summed E-state index contributed by atoms with van der Waals surface area (Å²) in [6, 6.07) is 0. The lowest BCUT2D eigenvalue weighted by Crippen LogP contribution is -2.35. The quantitative estimate of drug-likeness (QED) is 0.385. The highest BCUT2D eigenvalue weighted by atomic mass is 32.3. The Labute approximate surface area is 136 Å². The van der Waals surface area contributed by atoms with Gasteiger partial charge in [0.1, 0.15) is 0 Å². The summed E-state index contributed by atoms with van der Waals surface area (Å²) in [6.07, 6.45) is 1.75. The molecule has 136 valence electrons. The van der Waals surface area contributed by atoms with Crippen LogP contribution in [0.4, 0.5) is 0 Å². The van der Waals surface area contributed by atoms with Crippen LogP contribution in [0.5, 0.6) is 0 Å². The molecule has 0 heterocycles. The first-order valence-corrected chi connectivity index (χ1v) is 9.54. The van der Waals surface area contributed by atoms with Crippen LogP contribution >= 0.6 is 0 Å². The summed E-state index contributed by atoms with van der Waals surface area (Å²) in [7, 11) is -9.42. The minimum Gasteiger partial charge on any atom is -0.396 e. The van der Waals surface area contributed by atoms with Gasteiger partial charge < -0.3 is 19.7 Å². The van der Waals surface area contributed by atoms with Gasteiger partial charge in [-0.15, -0.1) is 16.8 Å². The lowest BCUT2D eigenvalue weighted by Gasteiger charge is -2.19. The van der Waals surface area contributed by atoms with Gasteiger partial charge in [-0.25, -0.2) is 0 Å². The largest absolute Gasteiger partial charge is 0.396 e. The van der Waals surface area contributed by atoms with Gasteiger partial charge in [0.15, 0.2) is 10.9 Å². The Morgan fingerprint density at radius 2 is 1.17 bits per heavy atom. The number of hydrogen-bond acceptors (Lipinski definition) is 9. The lowest BCUT2D eigenvalue weighted by atomic mass is 10.5. The minimum absolute atomic E-state index is 0.180. The molecule has 23 heavy (non-hydrogen) atoms. The van der Waals surface area contributed by atoms with Gasteiger partial charge in [-0.05, 0) is 0 Å². The molecule has 11 heteroatoms. The van der Waals surface area contributed by atoms with Gasteiger partial charge in [0.05, 0.1) is 13.2 Å². The van der Waals surface area contributed by atoms with E-state index < -0.39 is 44.3 Å². The second kappa shape index (κ2) is 10.9. The standard InChI is InChI=1S/C12H22O9S2/c1-3-9-19-11(5-7-13)22(15,16)21-23(17,18)12(6-8-14)20-10-4-2/h3-4,11-14H,1-2,5-10H2. The third-order valence-electron chi connectivity index (χ3n) is 2.36. The normalized spacial score (nSPS) is 15.0. The van der Waals surface area contributed by atoms with Crippen LogP contribution in [-0.2, 0) is 33.3 Å². The van der Waals surface area contributed by atoms with Crippen molar-refractivity contribution in [3.05, 3.63) is 25.3 Å². The van der Waals surface area contributed by atoms with E-state index in [1.54, 1.807) is 0 Å². The first-order valence-electron chi connectivity index (χ1n) is 6.60. The van der Waals surface area contributed by atoms with Crippen LogP contribution in [0.2, 0.25) is 0 Å². The molecule has 2 atom stereocenters.